The molecule has 0 spiro atoms. The largest absolute Gasteiger partial charge is 0.423 e. The van der Waals surface area contributed by atoms with Crippen molar-refractivity contribution in [3.05, 3.63) is 117 Å². The van der Waals surface area contributed by atoms with Crippen molar-refractivity contribution in [2.75, 3.05) is 11.9 Å². The zero-order valence-electron chi connectivity index (χ0n) is 21.4. The first-order valence-electron chi connectivity index (χ1n) is 12.5. The molecule has 1 N–H and O–H groups in total. The van der Waals surface area contributed by atoms with Crippen molar-refractivity contribution in [3.63, 3.8) is 0 Å². The number of thiazole rings is 1. The highest BCUT2D eigenvalue weighted by Gasteiger charge is 2.22. The van der Waals surface area contributed by atoms with Crippen LogP contribution in [0.3, 0.4) is 0 Å². The number of amides is 1. The predicted molar refractivity (Wildman–Crippen MR) is 151 cm³/mol. The van der Waals surface area contributed by atoms with Gasteiger partial charge in [-0.15, -0.1) is 11.3 Å². The molecule has 1 aliphatic rings. The van der Waals surface area contributed by atoms with Gasteiger partial charge in [0.15, 0.2) is 5.13 Å². The van der Waals surface area contributed by atoms with Gasteiger partial charge in [0, 0.05) is 24.5 Å². The number of benzene rings is 3. The maximum absolute atomic E-state index is 12.8. The first-order valence-corrected chi connectivity index (χ1v) is 13.4. The summed E-state index contributed by atoms with van der Waals surface area (Å²) in [5, 5.41) is 12.9. The second-order valence-electron chi connectivity index (χ2n) is 9.28. The van der Waals surface area contributed by atoms with Gasteiger partial charge in [-0.2, -0.15) is 5.26 Å². The van der Waals surface area contributed by atoms with Gasteiger partial charge in [-0.05, 0) is 54.8 Å². The Labute approximate surface area is 231 Å². The van der Waals surface area contributed by atoms with Crippen molar-refractivity contribution < 1.29 is 14.3 Å². The van der Waals surface area contributed by atoms with E-state index in [1.807, 2.05) is 43.3 Å². The van der Waals surface area contributed by atoms with Crippen LogP contribution in [-0.2, 0) is 24.3 Å². The molecule has 0 unspecified atom stereocenters. The lowest BCUT2D eigenvalue weighted by Crippen LogP contribution is -2.29. The molecule has 0 atom stereocenters. The summed E-state index contributed by atoms with van der Waals surface area (Å²) >= 11 is 1.46. The summed E-state index contributed by atoms with van der Waals surface area (Å²) in [6.07, 6.45) is 2.37. The van der Waals surface area contributed by atoms with Gasteiger partial charge in [0.2, 0.25) is 0 Å². The Balaban J connectivity index is 1.20. The third-order valence-corrected chi connectivity index (χ3v) is 7.40. The van der Waals surface area contributed by atoms with Crippen LogP contribution in [0.5, 0.6) is 5.75 Å². The number of fused-ring (bicyclic) bond motifs is 1. The van der Waals surface area contributed by atoms with Crippen LogP contribution >= 0.6 is 11.3 Å². The van der Waals surface area contributed by atoms with Crippen LogP contribution in [0.4, 0.5) is 5.13 Å². The normalized spacial score (nSPS) is 13.3. The van der Waals surface area contributed by atoms with E-state index in [1.54, 1.807) is 36.4 Å². The fraction of sp³-hybridized carbons (Fsp3) is 0.161. The zero-order chi connectivity index (χ0) is 27.2. The SMILES string of the molecule is Cc1ccc(C(=O)Oc2ccc(/C=C(/C#N)C(=O)Nc3nc4c(s3)CCN(Cc3ccccc3)C4)cc2)cc1. The molecule has 0 bridgehead atoms. The monoisotopic (exact) mass is 534 g/mol. The average molecular weight is 535 g/mol. The highest BCUT2D eigenvalue weighted by Crippen LogP contribution is 2.29. The number of nitriles is 1. The number of anilines is 1. The van der Waals surface area contributed by atoms with Gasteiger partial charge >= 0.3 is 5.97 Å². The molecule has 0 saturated heterocycles. The molecule has 0 radical (unpaired) electrons. The Hall–Kier alpha value is -4.58. The van der Waals surface area contributed by atoms with E-state index in [-0.39, 0.29) is 5.57 Å². The van der Waals surface area contributed by atoms with E-state index in [0.29, 0.717) is 22.0 Å². The van der Waals surface area contributed by atoms with Crippen molar-refractivity contribution >= 4 is 34.4 Å². The number of nitrogens with zero attached hydrogens (tertiary/aromatic N) is 3. The second kappa shape index (κ2) is 11.9. The van der Waals surface area contributed by atoms with Gasteiger partial charge in [0.1, 0.15) is 17.4 Å². The maximum Gasteiger partial charge on any atom is 0.343 e. The molecule has 0 fully saturated rings. The quantitative estimate of drug-likeness (QED) is 0.140. The van der Waals surface area contributed by atoms with E-state index in [4.69, 9.17) is 4.74 Å². The number of ether oxygens (including phenoxy) is 1. The Morgan fingerprint density at radius 3 is 2.54 bits per heavy atom. The lowest BCUT2D eigenvalue weighted by Gasteiger charge is -2.25. The topological polar surface area (TPSA) is 95.3 Å². The molecule has 1 amide bonds. The van der Waals surface area contributed by atoms with Crippen molar-refractivity contribution in [1.29, 1.82) is 5.26 Å². The lowest BCUT2D eigenvalue weighted by molar-refractivity contribution is -0.112. The summed E-state index contributed by atoms with van der Waals surface area (Å²) in [6, 6.07) is 26.0. The maximum atomic E-state index is 12.8. The van der Waals surface area contributed by atoms with Crippen LogP contribution in [0.25, 0.3) is 6.08 Å². The zero-order valence-corrected chi connectivity index (χ0v) is 22.2. The summed E-state index contributed by atoms with van der Waals surface area (Å²) in [6.45, 7) is 4.45. The van der Waals surface area contributed by atoms with Crippen LogP contribution in [0.15, 0.2) is 84.4 Å². The van der Waals surface area contributed by atoms with Gasteiger partial charge in [0.05, 0.1) is 11.3 Å². The molecular weight excluding hydrogens is 508 g/mol. The number of rotatable bonds is 7. The Bertz CT molecular complexity index is 1550. The number of carbonyl (C=O) groups excluding carboxylic acids is 2. The van der Waals surface area contributed by atoms with Gasteiger partial charge in [-0.1, -0.05) is 60.2 Å². The highest BCUT2D eigenvalue weighted by molar-refractivity contribution is 7.15. The summed E-state index contributed by atoms with van der Waals surface area (Å²) in [7, 11) is 0. The first kappa shape index (κ1) is 26.0. The van der Waals surface area contributed by atoms with Crippen LogP contribution in [0.1, 0.15) is 37.6 Å². The molecule has 0 aliphatic carbocycles. The molecular formula is C31H26N4O3S. The van der Waals surface area contributed by atoms with Crippen LogP contribution < -0.4 is 10.1 Å². The standard InChI is InChI=1S/C31H26N4O3S/c1-21-7-11-24(12-8-21)30(37)38-26-13-9-22(10-14-26)17-25(18-32)29(36)34-31-33-27-20-35(16-15-28(27)39-31)19-23-5-3-2-4-6-23/h2-14,17H,15-16,19-20H2,1H3,(H,33,34,36)/b25-17-. The molecule has 0 saturated carbocycles. The van der Waals surface area contributed by atoms with Crippen LogP contribution in [-0.4, -0.2) is 28.3 Å². The number of hydrogen-bond acceptors (Lipinski definition) is 7. The van der Waals surface area contributed by atoms with Gasteiger partial charge in [0.25, 0.3) is 5.91 Å². The van der Waals surface area contributed by atoms with Gasteiger partial charge in [-0.3, -0.25) is 15.0 Å². The third-order valence-electron chi connectivity index (χ3n) is 6.33. The molecule has 1 aromatic heterocycles. The smallest absolute Gasteiger partial charge is 0.343 e. The molecule has 8 heteroatoms. The minimum Gasteiger partial charge on any atom is -0.423 e. The fourth-order valence-electron chi connectivity index (χ4n) is 4.25. The Morgan fingerprint density at radius 1 is 1.08 bits per heavy atom. The van der Waals surface area contributed by atoms with Crippen molar-refractivity contribution in [2.45, 2.75) is 26.4 Å². The van der Waals surface area contributed by atoms with E-state index in [9.17, 15) is 14.9 Å². The number of esters is 1. The number of aromatic nitrogens is 1. The molecule has 4 aromatic rings. The van der Waals surface area contributed by atoms with E-state index in [0.717, 1.165) is 42.2 Å². The predicted octanol–water partition coefficient (Wildman–Crippen LogP) is 5.77. The molecule has 194 valence electrons. The third kappa shape index (κ3) is 6.65. The first-order chi connectivity index (χ1) is 19.0. The summed E-state index contributed by atoms with van der Waals surface area (Å²) in [5.41, 5.74) is 4.33. The highest BCUT2D eigenvalue weighted by atomic mass is 32.1. The molecule has 39 heavy (non-hydrogen) atoms. The molecule has 2 heterocycles. The Kier molecular flexibility index (Phi) is 7.92. The minimum absolute atomic E-state index is 0.0433. The molecule has 3 aromatic carbocycles. The number of aryl methyl sites for hydroxylation is 1. The summed E-state index contributed by atoms with van der Waals surface area (Å²) in [5.74, 6) is -0.598. The lowest BCUT2D eigenvalue weighted by atomic mass is 10.1. The Morgan fingerprint density at radius 2 is 1.82 bits per heavy atom. The second-order valence-corrected chi connectivity index (χ2v) is 10.4. The van der Waals surface area contributed by atoms with Crippen molar-refractivity contribution in [3.8, 4) is 11.8 Å². The van der Waals surface area contributed by atoms with Crippen LogP contribution in [0, 0.1) is 18.3 Å². The average Bonchev–Trinajstić information content (AvgIpc) is 3.35. The number of nitrogens with one attached hydrogen (secondary N) is 1. The van der Waals surface area contributed by atoms with E-state index < -0.39 is 11.9 Å². The molecule has 7 nitrogen and oxygen atoms in total. The van der Waals surface area contributed by atoms with E-state index in [2.05, 4.69) is 27.3 Å². The van der Waals surface area contributed by atoms with Crippen molar-refractivity contribution in [1.82, 2.24) is 9.88 Å². The summed E-state index contributed by atoms with van der Waals surface area (Å²) < 4.78 is 5.42. The number of carbonyl (C=O) groups is 2. The van der Waals surface area contributed by atoms with E-state index >= 15 is 0 Å². The van der Waals surface area contributed by atoms with Gasteiger partial charge < -0.3 is 4.74 Å². The van der Waals surface area contributed by atoms with Crippen molar-refractivity contribution in [2.24, 2.45) is 0 Å². The summed E-state index contributed by atoms with van der Waals surface area (Å²) in [4.78, 5) is 33.3. The van der Waals surface area contributed by atoms with Crippen LogP contribution in [0.2, 0.25) is 0 Å². The van der Waals surface area contributed by atoms with E-state index in [1.165, 1.54) is 23.0 Å². The fourth-order valence-corrected chi connectivity index (χ4v) is 5.20. The molecule has 1 aliphatic heterocycles. The molecule has 5 rings (SSSR count). The van der Waals surface area contributed by atoms with Gasteiger partial charge in [-0.25, -0.2) is 9.78 Å². The number of hydrogen-bond donors (Lipinski definition) is 1. The minimum atomic E-state index is -0.514.